The van der Waals surface area contributed by atoms with E-state index >= 15 is 0 Å². The van der Waals surface area contributed by atoms with E-state index in [2.05, 4.69) is 10.6 Å². The number of amides is 2. The average molecular weight is 445 g/mol. The Kier molecular flexibility index (Phi) is 7.89. The number of rotatable bonds is 8. The molecular formula is C23H25ClN2O5. The summed E-state index contributed by atoms with van der Waals surface area (Å²) in [7, 11) is 0. The van der Waals surface area contributed by atoms with Crippen molar-refractivity contribution in [3.63, 3.8) is 0 Å². The monoisotopic (exact) mass is 444 g/mol. The van der Waals surface area contributed by atoms with Crippen LogP contribution in [0.15, 0.2) is 48.5 Å². The summed E-state index contributed by atoms with van der Waals surface area (Å²) in [6.45, 7) is 0.594. The maximum absolute atomic E-state index is 12.3. The van der Waals surface area contributed by atoms with E-state index in [4.69, 9.17) is 21.4 Å². The smallest absolute Gasteiger partial charge is 0.306 e. The van der Waals surface area contributed by atoms with Crippen LogP contribution in [-0.2, 0) is 4.79 Å². The second kappa shape index (κ2) is 10.8. The molecule has 0 saturated heterocycles. The molecule has 0 aliphatic heterocycles. The van der Waals surface area contributed by atoms with Gasteiger partial charge in [-0.25, -0.2) is 0 Å². The third-order valence-corrected chi connectivity index (χ3v) is 5.50. The van der Waals surface area contributed by atoms with Gasteiger partial charge in [0.2, 0.25) is 0 Å². The minimum Gasteiger partial charge on any atom is -0.490 e. The summed E-state index contributed by atoms with van der Waals surface area (Å²) in [4.78, 5) is 35.3. The number of carbonyl (C=O) groups is 3. The maximum atomic E-state index is 12.3. The lowest BCUT2D eigenvalue weighted by atomic mass is 9.87. The molecule has 2 aromatic carbocycles. The van der Waals surface area contributed by atoms with Crippen molar-refractivity contribution in [3.8, 4) is 5.75 Å². The van der Waals surface area contributed by atoms with E-state index in [9.17, 15) is 14.4 Å². The highest BCUT2D eigenvalue weighted by Gasteiger charge is 2.26. The molecule has 0 unspecified atom stereocenters. The Bertz CT molecular complexity index is 907. The Hall–Kier alpha value is -3.06. The first-order valence-electron chi connectivity index (χ1n) is 10.2. The van der Waals surface area contributed by atoms with E-state index < -0.39 is 5.97 Å². The van der Waals surface area contributed by atoms with Crippen LogP contribution in [0.4, 0.5) is 0 Å². The zero-order valence-corrected chi connectivity index (χ0v) is 17.7. The van der Waals surface area contributed by atoms with E-state index in [1.807, 2.05) is 0 Å². The minimum atomic E-state index is -0.738. The molecule has 0 bridgehead atoms. The van der Waals surface area contributed by atoms with Gasteiger partial charge in [0.25, 0.3) is 11.8 Å². The van der Waals surface area contributed by atoms with Gasteiger partial charge in [-0.15, -0.1) is 0 Å². The van der Waals surface area contributed by atoms with Crippen LogP contribution in [-0.4, -0.2) is 42.1 Å². The first-order valence-corrected chi connectivity index (χ1v) is 10.6. The Morgan fingerprint density at radius 3 is 1.81 bits per heavy atom. The standard InChI is InChI=1S/C23H25ClN2O5/c24-18-7-1-15(2-8-18)21(27)25-13-14-26-22(28)16-3-9-19(10-4-16)31-20-11-5-17(6-12-20)23(29)30/h1-4,7-10,17,20H,5-6,11-14H2,(H,25,27)(H,26,28)(H,29,30). The van der Waals surface area contributed by atoms with Crippen LogP contribution in [0.3, 0.4) is 0 Å². The lowest BCUT2D eigenvalue weighted by Gasteiger charge is -2.26. The van der Waals surface area contributed by atoms with Gasteiger partial charge in [-0.3, -0.25) is 14.4 Å². The average Bonchev–Trinajstić information content (AvgIpc) is 2.78. The number of halogens is 1. The van der Waals surface area contributed by atoms with Gasteiger partial charge < -0.3 is 20.5 Å². The predicted octanol–water partition coefficient (Wildman–Crippen LogP) is 3.52. The zero-order chi connectivity index (χ0) is 22.2. The summed E-state index contributed by atoms with van der Waals surface area (Å²) in [6.07, 6.45) is 2.66. The van der Waals surface area contributed by atoms with E-state index in [-0.39, 0.29) is 23.8 Å². The number of carboxylic acids is 1. The van der Waals surface area contributed by atoms with Crippen LogP contribution < -0.4 is 15.4 Å². The van der Waals surface area contributed by atoms with Crippen molar-refractivity contribution in [2.75, 3.05) is 13.1 Å². The van der Waals surface area contributed by atoms with E-state index in [0.717, 1.165) is 0 Å². The fourth-order valence-corrected chi connectivity index (χ4v) is 3.59. The van der Waals surface area contributed by atoms with Gasteiger partial charge in [0.15, 0.2) is 0 Å². The minimum absolute atomic E-state index is 0.000437. The molecule has 8 heteroatoms. The number of hydrogen-bond acceptors (Lipinski definition) is 4. The molecular weight excluding hydrogens is 420 g/mol. The lowest BCUT2D eigenvalue weighted by molar-refractivity contribution is -0.143. The molecule has 2 aromatic rings. The Balaban J connectivity index is 1.38. The highest BCUT2D eigenvalue weighted by molar-refractivity contribution is 6.30. The van der Waals surface area contributed by atoms with Gasteiger partial charge in [-0.2, -0.15) is 0 Å². The number of aliphatic carboxylic acids is 1. The molecule has 3 N–H and O–H groups in total. The highest BCUT2D eigenvalue weighted by Crippen LogP contribution is 2.28. The van der Waals surface area contributed by atoms with Gasteiger partial charge in [0.05, 0.1) is 12.0 Å². The zero-order valence-electron chi connectivity index (χ0n) is 17.0. The van der Waals surface area contributed by atoms with Crippen LogP contribution in [0.25, 0.3) is 0 Å². The Morgan fingerprint density at radius 1 is 0.839 bits per heavy atom. The van der Waals surface area contributed by atoms with Gasteiger partial charge in [-0.1, -0.05) is 11.6 Å². The molecule has 1 fully saturated rings. The summed E-state index contributed by atoms with van der Waals surface area (Å²) in [6, 6.07) is 13.4. The predicted molar refractivity (Wildman–Crippen MR) is 117 cm³/mol. The number of carboxylic acid groups (broad SMARTS) is 1. The Labute approximate surface area is 185 Å². The molecule has 2 amide bonds. The second-order valence-corrected chi connectivity index (χ2v) is 7.91. The molecule has 0 heterocycles. The second-order valence-electron chi connectivity index (χ2n) is 7.47. The molecule has 0 aromatic heterocycles. The largest absolute Gasteiger partial charge is 0.490 e. The molecule has 1 saturated carbocycles. The van der Waals surface area contributed by atoms with Crippen LogP contribution >= 0.6 is 11.6 Å². The molecule has 164 valence electrons. The molecule has 1 aliphatic carbocycles. The quantitative estimate of drug-likeness (QED) is 0.540. The van der Waals surface area contributed by atoms with Gasteiger partial charge in [0.1, 0.15) is 5.75 Å². The molecule has 0 atom stereocenters. The lowest BCUT2D eigenvalue weighted by Crippen LogP contribution is -2.34. The fourth-order valence-electron chi connectivity index (χ4n) is 3.46. The highest BCUT2D eigenvalue weighted by atomic mass is 35.5. The summed E-state index contributed by atoms with van der Waals surface area (Å²) in [5.74, 6) is -0.829. The van der Waals surface area contributed by atoms with Crippen molar-refractivity contribution in [2.45, 2.75) is 31.8 Å². The third-order valence-electron chi connectivity index (χ3n) is 5.25. The molecule has 31 heavy (non-hydrogen) atoms. The van der Waals surface area contributed by atoms with Crippen LogP contribution in [0.1, 0.15) is 46.4 Å². The molecule has 7 nitrogen and oxygen atoms in total. The SMILES string of the molecule is O=C(NCCNC(=O)c1ccc(OC2CCC(C(=O)O)CC2)cc1)c1ccc(Cl)cc1. The molecule has 1 aliphatic rings. The van der Waals surface area contributed by atoms with Crippen molar-refractivity contribution in [1.82, 2.24) is 10.6 Å². The van der Waals surface area contributed by atoms with Crippen molar-refractivity contribution in [3.05, 3.63) is 64.7 Å². The van der Waals surface area contributed by atoms with Crippen molar-refractivity contribution >= 4 is 29.4 Å². The number of benzene rings is 2. The van der Waals surface area contributed by atoms with Crippen LogP contribution in [0.5, 0.6) is 5.75 Å². The first-order chi connectivity index (χ1) is 14.9. The van der Waals surface area contributed by atoms with Gasteiger partial charge in [-0.05, 0) is 74.2 Å². The van der Waals surface area contributed by atoms with E-state index in [1.165, 1.54) is 0 Å². The fraction of sp³-hybridized carbons (Fsp3) is 0.348. The summed E-state index contributed by atoms with van der Waals surface area (Å²) < 4.78 is 5.91. The first kappa shape index (κ1) is 22.6. The number of hydrogen-bond donors (Lipinski definition) is 3. The maximum Gasteiger partial charge on any atom is 0.306 e. The molecule has 0 radical (unpaired) electrons. The topological polar surface area (TPSA) is 105 Å². The van der Waals surface area contributed by atoms with Crippen molar-refractivity contribution in [1.29, 1.82) is 0 Å². The number of nitrogens with one attached hydrogen (secondary N) is 2. The molecule has 0 spiro atoms. The van der Waals surface area contributed by atoms with Gasteiger partial charge in [0, 0.05) is 29.2 Å². The van der Waals surface area contributed by atoms with Crippen LogP contribution in [0.2, 0.25) is 5.02 Å². The summed E-state index contributed by atoms with van der Waals surface area (Å²) in [5.41, 5.74) is 0.994. The van der Waals surface area contributed by atoms with Crippen molar-refractivity contribution in [2.24, 2.45) is 5.92 Å². The number of ether oxygens (including phenoxy) is 1. The summed E-state index contributed by atoms with van der Waals surface area (Å²) in [5, 5.41) is 15.1. The number of carbonyl (C=O) groups excluding carboxylic acids is 2. The van der Waals surface area contributed by atoms with Gasteiger partial charge >= 0.3 is 5.97 Å². The van der Waals surface area contributed by atoms with E-state index in [1.54, 1.807) is 48.5 Å². The van der Waals surface area contributed by atoms with E-state index in [0.29, 0.717) is 60.7 Å². The third kappa shape index (κ3) is 6.72. The normalized spacial score (nSPS) is 18.1. The summed E-state index contributed by atoms with van der Waals surface area (Å²) >= 11 is 5.80. The van der Waals surface area contributed by atoms with Crippen molar-refractivity contribution < 1.29 is 24.2 Å². The molecule has 3 rings (SSSR count). The van der Waals surface area contributed by atoms with Crippen LogP contribution in [0, 0.1) is 5.92 Å². The Morgan fingerprint density at radius 2 is 1.32 bits per heavy atom.